The van der Waals surface area contributed by atoms with Crippen molar-refractivity contribution in [1.29, 1.82) is 0 Å². The quantitative estimate of drug-likeness (QED) is 0.361. The Morgan fingerprint density at radius 1 is 1.14 bits per heavy atom. The van der Waals surface area contributed by atoms with Gasteiger partial charge in [-0.25, -0.2) is 0 Å². The van der Waals surface area contributed by atoms with E-state index in [2.05, 4.69) is 15.6 Å². The van der Waals surface area contributed by atoms with Crippen LogP contribution in [-0.4, -0.2) is 68.8 Å². The number of nitrogens with one attached hydrogen (secondary N) is 3. The maximum atomic E-state index is 13.8. The van der Waals surface area contributed by atoms with Gasteiger partial charge in [0.2, 0.25) is 11.8 Å². The number of rotatable bonds is 8. The van der Waals surface area contributed by atoms with E-state index in [1.54, 1.807) is 11.0 Å². The fraction of sp³-hybridized carbons (Fsp3) is 0.333. The topological polar surface area (TPSA) is 132 Å². The van der Waals surface area contributed by atoms with Gasteiger partial charge in [0.15, 0.2) is 0 Å². The number of carbonyl (C=O) groups excluding carboxylic acids is 3. The molecule has 3 amide bonds. The molecule has 4 atom stereocenters. The van der Waals surface area contributed by atoms with Gasteiger partial charge < -0.3 is 25.6 Å². The second kappa shape index (κ2) is 9.93. The van der Waals surface area contributed by atoms with Gasteiger partial charge in [0.1, 0.15) is 18.1 Å². The molecule has 0 fully saturated rings. The van der Waals surface area contributed by atoms with E-state index >= 15 is 0 Å². The number of carboxylic acid groups (broad SMARTS) is 1. The maximum Gasteiger partial charge on any atom is 0.325 e. The zero-order valence-electron chi connectivity index (χ0n) is 20.5. The van der Waals surface area contributed by atoms with Crippen LogP contribution in [0.25, 0.3) is 10.9 Å². The SMILES string of the molecule is CSCCC(NC(=O)C1Cc2c([nH]c3ccccc23)C2c3ccccc3C(=O)N12)C(=O)NC(C)C(=O)O. The molecule has 0 bridgehead atoms. The molecule has 2 aromatic carbocycles. The van der Waals surface area contributed by atoms with E-state index in [9.17, 15) is 24.3 Å². The average Bonchev–Trinajstić information content (AvgIpc) is 3.41. The highest BCUT2D eigenvalue weighted by Crippen LogP contribution is 2.46. The van der Waals surface area contributed by atoms with E-state index in [0.29, 0.717) is 24.2 Å². The van der Waals surface area contributed by atoms with E-state index in [1.165, 1.54) is 18.7 Å². The zero-order chi connectivity index (χ0) is 26.3. The first kappa shape index (κ1) is 24.9. The summed E-state index contributed by atoms with van der Waals surface area (Å²) in [7, 11) is 0. The number of H-pyrrole nitrogens is 1. The molecule has 3 heterocycles. The van der Waals surface area contributed by atoms with Gasteiger partial charge in [-0.3, -0.25) is 19.2 Å². The maximum absolute atomic E-state index is 13.8. The first-order chi connectivity index (χ1) is 17.8. The predicted molar refractivity (Wildman–Crippen MR) is 140 cm³/mol. The van der Waals surface area contributed by atoms with Crippen molar-refractivity contribution in [3.63, 3.8) is 0 Å². The van der Waals surface area contributed by atoms with Crippen molar-refractivity contribution in [3.05, 3.63) is 70.9 Å². The molecule has 0 spiro atoms. The van der Waals surface area contributed by atoms with Crippen molar-refractivity contribution >= 4 is 46.4 Å². The lowest BCUT2D eigenvalue weighted by Gasteiger charge is -2.37. The summed E-state index contributed by atoms with van der Waals surface area (Å²) < 4.78 is 0. The zero-order valence-corrected chi connectivity index (χ0v) is 21.3. The Kier molecular flexibility index (Phi) is 6.68. The Morgan fingerprint density at radius 3 is 2.62 bits per heavy atom. The van der Waals surface area contributed by atoms with Gasteiger partial charge in [0, 0.05) is 28.6 Å². The summed E-state index contributed by atoms with van der Waals surface area (Å²) in [6, 6.07) is 11.9. The number of aromatic amines is 1. The van der Waals surface area contributed by atoms with Gasteiger partial charge in [-0.1, -0.05) is 36.4 Å². The van der Waals surface area contributed by atoms with Gasteiger partial charge in [-0.05, 0) is 48.6 Å². The van der Waals surface area contributed by atoms with Crippen molar-refractivity contribution in [1.82, 2.24) is 20.5 Å². The number of para-hydroxylation sites is 1. The lowest BCUT2D eigenvalue weighted by molar-refractivity contribution is -0.141. The summed E-state index contributed by atoms with van der Waals surface area (Å²) in [6.45, 7) is 1.37. The smallest absolute Gasteiger partial charge is 0.325 e. The van der Waals surface area contributed by atoms with Gasteiger partial charge in [0.25, 0.3) is 5.91 Å². The van der Waals surface area contributed by atoms with Crippen molar-refractivity contribution < 1.29 is 24.3 Å². The molecule has 2 aliphatic rings. The number of thioether (sulfide) groups is 1. The number of hydrogen-bond donors (Lipinski definition) is 4. The largest absolute Gasteiger partial charge is 0.480 e. The summed E-state index contributed by atoms with van der Waals surface area (Å²) >= 11 is 1.52. The fourth-order valence-corrected chi connectivity index (χ4v) is 5.76. The van der Waals surface area contributed by atoms with Crippen LogP contribution in [0.2, 0.25) is 0 Å². The minimum atomic E-state index is -1.16. The van der Waals surface area contributed by atoms with Crippen LogP contribution in [0, 0.1) is 0 Å². The highest BCUT2D eigenvalue weighted by atomic mass is 32.2. The summed E-state index contributed by atoms with van der Waals surface area (Å²) in [5.74, 6) is -1.80. The molecule has 0 saturated carbocycles. The molecule has 37 heavy (non-hydrogen) atoms. The number of carbonyl (C=O) groups is 4. The minimum Gasteiger partial charge on any atom is -0.480 e. The third-order valence-electron chi connectivity index (χ3n) is 7.13. The summed E-state index contributed by atoms with van der Waals surface area (Å²) in [5, 5.41) is 15.5. The van der Waals surface area contributed by atoms with Gasteiger partial charge in [0.05, 0.1) is 6.04 Å². The van der Waals surface area contributed by atoms with Crippen molar-refractivity contribution in [3.8, 4) is 0 Å². The molecule has 0 aliphatic carbocycles. The highest BCUT2D eigenvalue weighted by molar-refractivity contribution is 7.98. The molecule has 10 heteroatoms. The van der Waals surface area contributed by atoms with Crippen LogP contribution < -0.4 is 10.6 Å². The Morgan fingerprint density at radius 2 is 1.86 bits per heavy atom. The monoisotopic (exact) mass is 520 g/mol. The van der Waals surface area contributed by atoms with Crippen molar-refractivity contribution in [2.45, 2.75) is 43.9 Å². The van der Waals surface area contributed by atoms with Crippen LogP contribution in [0.4, 0.5) is 0 Å². The first-order valence-electron chi connectivity index (χ1n) is 12.1. The number of carboxylic acids is 1. The number of benzene rings is 2. The minimum absolute atomic E-state index is 0.227. The van der Waals surface area contributed by atoms with Crippen LogP contribution in [-0.2, 0) is 20.8 Å². The Balaban J connectivity index is 1.50. The molecular weight excluding hydrogens is 492 g/mol. The van der Waals surface area contributed by atoms with Gasteiger partial charge >= 0.3 is 5.97 Å². The van der Waals surface area contributed by atoms with Crippen LogP contribution in [0.15, 0.2) is 48.5 Å². The fourth-order valence-electron chi connectivity index (χ4n) is 5.29. The second-order valence-corrected chi connectivity index (χ2v) is 10.4. The summed E-state index contributed by atoms with van der Waals surface area (Å²) in [6.07, 6.45) is 2.51. The van der Waals surface area contributed by atoms with E-state index in [1.807, 2.05) is 48.7 Å². The molecule has 5 rings (SSSR count). The molecule has 4 unspecified atom stereocenters. The Hall–Kier alpha value is -3.79. The van der Waals surface area contributed by atoms with E-state index in [0.717, 1.165) is 27.7 Å². The van der Waals surface area contributed by atoms with Crippen LogP contribution >= 0.6 is 11.8 Å². The van der Waals surface area contributed by atoms with Crippen LogP contribution in [0.5, 0.6) is 0 Å². The average molecular weight is 521 g/mol. The number of amides is 3. The molecule has 4 N–H and O–H groups in total. The Labute approximate surface area is 218 Å². The third kappa shape index (κ3) is 4.35. The lowest BCUT2D eigenvalue weighted by Crippen LogP contribution is -2.57. The molecule has 0 saturated heterocycles. The number of aliphatic carboxylic acids is 1. The number of nitrogens with zero attached hydrogens (tertiary/aromatic N) is 1. The molecule has 3 aromatic rings. The lowest BCUT2D eigenvalue weighted by atomic mass is 9.89. The van der Waals surface area contributed by atoms with Crippen LogP contribution in [0.3, 0.4) is 0 Å². The number of fused-ring (bicyclic) bond motifs is 7. The van der Waals surface area contributed by atoms with Crippen molar-refractivity contribution in [2.24, 2.45) is 0 Å². The molecular formula is C27H28N4O5S. The standard InChI is InChI=1S/C27H28N4O5S/c1-14(27(35)36)28-24(32)20(11-12-37-2)30-25(33)21-13-18-15-7-5-6-10-19(15)29-22(18)23-16-8-3-4-9-17(16)26(34)31(21)23/h3-10,14,20-21,23,29H,11-13H2,1-2H3,(H,28,32)(H,30,33)(H,35,36). The van der Waals surface area contributed by atoms with Crippen LogP contribution in [0.1, 0.15) is 46.6 Å². The number of aromatic nitrogens is 1. The summed E-state index contributed by atoms with van der Waals surface area (Å²) in [4.78, 5) is 56.6. The van der Waals surface area contributed by atoms with Gasteiger partial charge in [-0.2, -0.15) is 11.8 Å². The van der Waals surface area contributed by atoms with Gasteiger partial charge in [-0.15, -0.1) is 0 Å². The molecule has 1 aromatic heterocycles. The number of hydrogen-bond acceptors (Lipinski definition) is 5. The Bertz CT molecular complexity index is 1400. The molecule has 0 radical (unpaired) electrons. The second-order valence-electron chi connectivity index (χ2n) is 9.40. The summed E-state index contributed by atoms with van der Waals surface area (Å²) in [5.41, 5.74) is 4.21. The molecule has 9 nitrogen and oxygen atoms in total. The van der Waals surface area contributed by atoms with E-state index < -0.39 is 42.0 Å². The molecule has 2 aliphatic heterocycles. The molecule has 192 valence electrons. The van der Waals surface area contributed by atoms with Crippen molar-refractivity contribution in [2.75, 3.05) is 12.0 Å². The normalized spacial score (nSPS) is 19.5. The van der Waals surface area contributed by atoms with E-state index in [-0.39, 0.29) is 5.91 Å². The highest BCUT2D eigenvalue weighted by Gasteiger charge is 2.49. The first-order valence-corrected chi connectivity index (χ1v) is 13.5. The third-order valence-corrected chi connectivity index (χ3v) is 7.77. The van der Waals surface area contributed by atoms with E-state index in [4.69, 9.17) is 0 Å². The predicted octanol–water partition coefficient (Wildman–Crippen LogP) is 2.46.